The fourth-order valence-electron chi connectivity index (χ4n) is 2.55. The highest BCUT2D eigenvalue weighted by atomic mass is 16.5. The third-order valence-electron chi connectivity index (χ3n) is 3.98. The molecule has 6 heteroatoms. The van der Waals surface area contributed by atoms with Gasteiger partial charge < -0.3 is 20.1 Å². The van der Waals surface area contributed by atoms with Gasteiger partial charge in [0.25, 0.3) is 5.91 Å². The van der Waals surface area contributed by atoms with Gasteiger partial charge in [-0.1, -0.05) is 6.07 Å². The van der Waals surface area contributed by atoms with Gasteiger partial charge in [0.15, 0.2) is 0 Å². The number of nitrogens with zero attached hydrogens (tertiary/aromatic N) is 1. The highest BCUT2D eigenvalue weighted by molar-refractivity contribution is 6.03. The summed E-state index contributed by atoms with van der Waals surface area (Å²) in [7, 11) is 3.22. The van der Waals surface area contributed by atoms with Crippen LogP contribution in [0.3, 0.4) is 0 Å². The molecule has 0 aliphatic heterocycles. The quantitative estimate of drug-likeness (QED) is 0.679. The van der Waals surface area contributed by atoms with E-state index in [1.165, 1.54) is 0 Å². The average molecular weight is 363 g/mol. The van der Waals surface area contributed by atoms with Crippen LogP contribution in [0.2, 0.25) is 0 Å². The Labute approximate surface area is 158 Å². The number of aromatic nitrogens is 1. The lowest BCUT2D eigenvalue weighted by atomic mass is 10.2. The van der Waals surface area contributed by atoms with Crippen LogP contribution in [0.25, 0.3) is 0 Å². The van der Waals surface area contributed by atoms with Crippen molar-refractivity contribution in [2.45, 2.75) is 6.92 Å². The van der Waals surface area contributed by atoms with Crippen LogP contribution in [0, 0.1) is 6.92 Å². The van der Waals surface area contributed by atoms with Crippen molar-refractivity contribution in [3.63, 3.8) is 0 Å². The molecule has 138 valence electrons. The first-order valence-corrected chi connectivity index (χ1v) is 8.42. The molecule has 1 aromatic heterocycles. The molecular weight excluding hydrogens is 342 g/mol. The topological polar surface area (TPSA) is 72.5 Å². The number of ether oxygens (including phenoxy) is 2. The van der Waals surface area contributed by atoms with Crippen molar-refractivity contribution in [1.82, 2.24) is 4.98 Å². The Hall–Kier alpha value is -3.54. The smallest absolute Gasteiger partial charge is 0.274 e. The summed E-state index contributed by atoms with van der Waals surface area (Å²) in [6.07, 6.45) is 1.62. The number of benzene rings is 2. The van der Waals surface area contributed by atoms with Gasteiger partial charge in [-0.15, -0.1) is 0 Å². The summed E-state index contributed by atoms with van der Waals surface area (Å²) in [4.78, 5) is 16.6. The molecule has 0 spiro atoms. The number of hydrogen-bond donors (Lipinski definition) is 2. The van der Waals surface area contributed by atoms with Crippen molar-refractivity contribution in [3.8, 4) is 11.5 Å². The first-order valence-electron chi connectivity index (χ1n) is 8.42. The van der Waals surface area contributed by atoms with Crippen LogP contribution in [0.15, 0.2) is 60.8 Å². The number of anilines is 3. The average Bonchev–Trinajstić information content (AvgIpc) is 2.69. The number of hydrogen-bond acceptors (Lipinski definition) is 5. The van der Waals surface area contributed by atoms with E-state index in [9.17, 15) is 4.79 Å². The monoisotopic (exact) mass is 363 g/mol. The molecule has 27 heavy (non-hydrogen) atoms. The van der Waals surface area contributed by atoms with E-state index in [-0.39, 0.29) is 5.91 Å². The van der Waals surface area contributed by atoms with E-state index in [1.54, 1.807) is 56.8 Å². The third kappa shape index (κ3) is 4.55. The minimum atomic E-state index is -0.278. The molecule has 3 aromatic rings. The van der Waals surface area contributed by atoms with Crippen LogP contribution in [0.1, 0.15) is 16.1 Å². The number of rotatable bonds is 6. The van der Waals surface area contributed by atoms with Crippen molar-refractivity contribution in [1.29, 1.82) is 0 Å². The number of amides is 1. The molecule has 2 aromatic carbocycles. The molecule has 0 aliphatic rings. The zero-order chi connectivity index (χ0) is 19.2. The molecule has 0 bridgehead atoms. The Kier molecular flexibility index (Phi) is 5.56. The molecular formula is C21H21N3O3. The molecule has 2 N–H and O–H groups in total. The molecule has 0 saturated carbocycles. The predicted octanol–water partition coefficient (Wildman–Crippen LogP) is 4.40. The molecule has 1 heterocycles. The van der Waals surface area contributed by atoms with E-state index < -0.39 is 0 Å². The number of pyridine rings is 1. The molecule has 0 unspecified atom stereocenters. The summed E-state index contributed by atoms with van der Waals surface area (Å²) < 4.78 is 10.5. The first kappa shape index (κ1) is 18.3. The van der Waals surface area contributed by atoms with Gasteiger partial charge in [0.05, 0.1) is 31.8 Å². The maximum absolute atomic E-state index is 12.3. The van der Waals surface area contributed by atoms with Crippen LogP contribution < -0.4 is 20.1 Å². The molecule has 0 radical (unpaired) electrons. The maximum Gasteiger partial charge on any atom is 0.274 e. The Morgan fingerprint density at radius 2 is 1.67 bits per heavy atom. The van der Waals surface area contributed by atoms with E-state index in [2.05, 4.69) is 15.6 Å². The van der Waals surface area contributed by atoms with E-state index in [1.807, 2.05) is 25.1 Å². The minimum Gasteiger partial charge on any atom is -0.497 e. The second kappa shape index (κ2) is 8.23. The lowest BCUT2D eigenvalue weighted by Crippen LogP contribution is -2.13. The molecule has 0 atom stereocenters. The minimum absolute atomic E-state index is 0.278. The summed E-state index contributed by atoms with van der Waals surface area (Å²) in [5, 5.41) is 6.07. The van der Waals surface area contributed by atoms with Crippen LogP contribution in [0.5, 0.6) is 11.5 Å². The van der Waals surface area contributed by atoms with Gasteiger partial charge in [0.2, 0.25) is 0 Å². The zero-order valence-corrected chi connectivity index (χ0v) is 15.4. The fourth-order valence-corrected chi connectivity index (χ4v) is 2.55. The van der Waals surface area contributed by atoms with Gasteiger partial charge in [-0.2, -0.15) is 0 Å². The lowest BCUT2D eigenvalue weighted by molar-refractivity contribution is 0.102. The largest absolute Gasteiger partial charge is 0.497 e. The summed E-state index contributed by atoms with van der Waals surface area (Å²) in [6.45, 7) is 2.01. The van der Waals surface area contributed by atoms with Gasteiger partial charge in [-0.25, -0.2) is 4.98 Å². The van der Waals surface area contributed by atoms with Gasteiger partial charge in [-0.05, 0) is 61.0 Å². The summed E-state index contributed by atoms with van der Waals surface area (Å²) >= 11 is 0. The lowest BCUT2D eigenvalue weighted by Gasteiger charge is -2.12. The number of methoxy groups -OCH3 is 2. The predicted molar refractivity (Wildman–Crippen MR) is 106 cm³/mol. The third-order valence-corrected chi connectivity index (χ3v) is 3.98. The van der Waals surface area contributed by atoms with Crippen molar-refractivity contribution in [2.75, 3.05) is 24.9 Å². The van der Waals surface area contributed by atoms with Crippen LogP contribution in [-0.4, -0.2) is 25.1 Å². The molecule has 3 rings (SSSR count). The molecule has 1 amide bonds. The van der Waals surface area contributed by atoms with E-state index in [4.69, 9.17) is 9.47 Å². The molecule has 6 nitrogen and oxygen atoms in total. The van der Waals surface area contributed by atoms with Gasteiger partial charge in [0, 0.05) is 5.69 Å². The highest BCUT2D eigenvalue weighted by Crippen LogP contribution is 2.28. The van der Waals surface area contributed by atoms with Crippen molar-refractivity contribution in [2.24, 2.45) is 0 Å². The second-order valence-corrected chi connectivity index (χ2v) is 5.94. The number of carbonyl (C=O) groups is 1. The summed E-state index contributed by atoms with van der Waals surface area (Å²) in [5.41, 5.74) is 3.72. The number of nitrogens with one attached hydrogen (secondary N) is 2. The number of aryl methyl sites for hydroxylation is 1. The molecule has 0 aliphatic carbocycles. The van der Waals surface area contributed by atoms with E-state index >= 15 is 0 Å². The van der Waals surface area contributed by atoms with Gasteiger partial charge in [-0.3, -0.25) is 4.79 Å². The Morgan fingerprint density at radius 3 is 2.30 bits per heavy atom. The second-order valence-electron chi connectivity index (χ2n) is 5.94. The van der Waals surface area contributed by atoms with E-state index in [0.717, 1.165) is 28.4 Å². The van der Waals surface area contributed by atoms with Crippen molar-refractivity contribution in [3.05, 3.63) is 72.1 Å². The van der Waals surface area contributed by atoms with Crippen molar-refractivity contribution < 1.29 is 14.3 Å². The zero-order valence-electron chi connectivity index (χ0n) is 15.4. The first-order chi connectivity index (χ1) is 13.1. The Morgan fingerprint density at radius 1 is 0.926 bits per heavy atom. The summed E-state index contributed by atoms with van der Waals surface area (Å²) in [6, 6.07) is 16.5. The number of carbonyl (C=O) groups excluding carboxylic acids is 1. The van der Waals surface area contributed by atoms with Crippen molar-refractivity contribution >= 4 is 23.0 Å². The Balaban J connectivity index is 1.69. The SMILES string of the molecule is COc1ccc(NC(=O)c2ccc(Nc3cc(C)ccc3OC)cn2)cc1. The maximum atomic E-state index is 12.3. The normalized spacial score (nSPS) is 10.2. The van der Waals surface area contributed by atoms with Crippen LogP contribution >= 0.6 is 0 Å². The molecule has 0 fully saturated rings. The van der Waals surface area contributed by atoms with Gasteiger partial charge >= 0.3 is 0 Å². The molecule has 0 saturated heterocycles. The van der Waals surface area contributed by atoms with E-state index in [0.29, 0.717) is 11.4 Å². The van der Waals surface area contributed by atoms with Crippen LogP contribution in [0.4, 0.5) is 17.1 Å². The van der Waals surface area contributed by atoms with Crippen LogP contribution in [-0.2, 0) is 0 Å². The fraction of sp³-hybridized carbons (Fsp3) is 0.143. The summed E-state index contributed by atoms with van der Waals surface area (Å²) in [5.74, 6) is 1.19. The Bertz CT molecular complexity index is 922. The highest BCUT2D eigenvalue weighted by Gasteiger charge is 2.09. The standard InChI is InChI=1S/C21H21N3O3/c1-14-4-11-20(27-3)19(12-14)23-16-7-10-18(22-13-16)21(25)24-15-5-8-17(26-2)9-6-15/h4-13,23H,1-3H3,(H,24,25). The van der Waals surface area contributed by atoms with Gasteiger partial charge in [0.1, 0.15) is 17.2 Å².